The minimum absolute atomic E-state index is 0.0413. The van der Waals surface area contributed by atoms with E-state index in [4.69, 9.17) is 0 Å². The van der Waals surface area contributed by atoms with Gasteiger partial charge in [0.15, 0.2) is 17.0 Å². The summed E-state index contributed by atoms with van der Waals surface area (Å²) in [5.74, 6) is 1.15. The summed E-state index contributed by atoms with van der Waals surface area (Å²) in [5, 5.41) is 31.2. The summed E-state index contributed by atoms with van der Waals surface area (Å²) < 4.78 is 3.63. The van der Waals surface area contributed by atoms with Gasteiger partial charge in [0.25, 0.3) is 0 Å². The Labute approximate surface area is 153 Å². The number of aliphatic hydroxyl groups is 2. The van der Waals surface area contributed by atoms with Crippen LogP contribution in [0.3, 0.4) is 0 Å². The van der Waals surface area contributed by atoms with Gasteiger partial charge in [0, 0.05) is 18.7 Å². The molecular formula is C17H18N8O2. The van der Waals surface area contributed by atoms with Crippen LogP contribution in [0.15, 0.2) is 36.9 Å². The predicted molar refractivity (Wildman–Crippen MR) is 96.4 cm³/mol. The largest absolute Gasteiger partial charge is 0.396 e. The van der Waals surface area contributed by atoms with Crippen molar-refractivity contribution in [3.63, 3.8) is 0 Å². The Morgan fingerprint density at radius 3 is 2.96 bits per heavy atom. The third kappa shape index (κ3) is 2.61. The molecule has 1 saturated carbocycles. The number of imidazole rings is 1. The molecule has 10 heteroatoms. The Morgan fingerprint density at radius 2 is 2.11 bits per heavy atom. The monoisotopic (exact) mass is 366 g/mol. The van der Waals surface area contributed by atoms with Gasteiger partial charge < -0.3 is 15.5 Å². The lowest BCUT2D eigenvalue weighted by molar-refractivity contribution is 0.0906. The maximum atomic E-state index is 10.1. The second-order valence-corrected chi connectivity index (χ2v) is 6.76. The van der Waals surface area contributed by atoms with E-state index in [9.17, 15) is 10.2 Å². The first-order valence-electron chi connectivity index (χ1n) is 8.78. The minimum Gasteiger partial charge on any atom is -0.396 e. The lowest BCUT2D eigenvalue weighted by Crippen LogP contribution is -2.16. The van der Waals surface area contributed by atoms with Gasteiger partial charge in [0.05, 0.1) is 18.3 Å². The third-order valence-electron chi connectivity index (χ3n) is 5.14. The Bertz CT molecular complexity index is 1110. The summed E-state index contributed by atoms with van der Waals surface area (Å²) in [6.45, 7) is -0.0413. The van der Waals surface area contributed by atoms with E-state index in [1.54, 1.807) is 10.9 Å². The number of hydrogen-bond donors (Lipinski definition) is 3. The molecule has 1 aliphatic carbocycles. The Balaban J connectivity index is 1.51. The average Bonchev–Trinajstić information content (AvgIpc) is 3.39. The molecule has 0 aliphatic heterocycles. The summed E-state index contributed by atoms with van der Waals surface area (Å²) in [5.41, 5.74) is 1.96. The number of nitrogens with zero attached hydrogens (tertiary/aromatic N) is 7. The van der Waals surface area contributed by atoms with Crippen LogP contribution >= 0.6 is 0 Å². The number of pyridine rings is 1. The van der Waals surface area contributed by atoms with E-state index in [-0.39, 0.29) is 18.6 Å². The fourth-order valence-corrected chi connectivity index (χ4v) is 3.72. The van der Waals surface area contributed by atoms with E-state index >= 15 is 0 Å². The Kier molecular flexibility index (Phi) is 3.73. The number of hydrogen-bond acceptors (Lipinski definition) is 8. The molecule has 3 atom stereocenters. The van der Waals surface area contributed by atoms with E-state index < -0.39 is 6.10 Å². The molecule has 0 bridgehead atoms. The molecule has 4 heterocycles. The first kappa shape index (κ1) is 16.1. The van der Waals surface area contributed by atoms with Crippen LogP contribution in [0.5, 0.6) is 0 Å². The van der Waals surface area contributed by atoms with Crippen LogP contribution in [0.25, 0.3) is 16.8 Å². The zero-order chi connectivity index (χ0) is 18.4. The summed E-state index contributed by atoms with van der Waals surface area (Å²) in [4.78, 5) is 13.0. The molecule has 4 aromatic heterocycles. The maximum absolute atomic E-state index is 10.1. The number of anilines is 2. The molecule has 138 valence electrons. The van der Waals surface area contributed by atoms with Crippen molar-refractivity contribution in [1.82, 2.24) is 34.3 Å². The first-order valence-corrected chi connectivity index (χ1v) is 8.78. The molecule has 0 spiro atoms. The standard InChI is InChI=1S/C17H18N8O2/c26-8-10-5-11(6-12(10)27)25-17-15(22-23-25)16(19-9-20-17)21-14-7-18-13-3-1-2-4-24(13)14/h1-4,7,9-12,26-27H,5-6,8H2,(H,19,20,21). The van der Waals surface area contributed by atoms with Gasteiger partial charge in [0.1, 0.15) is 17.8 Å². The van der Waals surface area contributed by atoms with E-state index in [2.05, 4.69) is 30.6 Å². The molecule has 0 amide bonds. The Hall–Kier alpha value is -3.11. The molecule has 4 aromatic rings. The van der Waals surface area contributed by atoms with E-state index in [1.807, 2.05) is 28.8 Å². The smallest absolute Gasteiger partial charge is 0.184 e. The fraction of sp³-hybridized carbons (Fsp3) is 0.353. The lowest BCUT2D eigenvalue weighted by atomic mass is 10.1. The highest BCUT2D eigenvalue weighted by Gasteiger charge is 2.35. The fourth-order valence-electron chi connectivity index (χ4n) is 3.72. The summed E-state index contributed by atoms with van der Waals surface area (Å²) in [7, 11) is 0. The molecule has 1 fully saturated rings. The van der Waals surface area contributed by atoms with Crippen LogP contribution in [0.1, 0.15) is 18.9 Å². The van der Waals surface area contributed by atoms with Gasteiger partial charge in [-0.15, -0.1) is 5.10 Å². The molecule has 10 nitrogen and oxygen atoms in total. The predicted octanol–water partition coefficient (Wildman–Crippen LogP) is 0.917. The van der Waals surface area contributed by atoms with Crippen LogP contribution in [0.4, 0.5) is 11.6 Å². The van der Waals surface area contributed by atoms with Crippen molar-refractivity contribution in [2.75, 3.05) is 11.9 Å². The van der Waals surface area contributed by atoms with E-state index in [0.29, 0.717) is 29.8 Å². The van der Waals surface area contributed by atoms with Crippen molar-refractivity contribution in [3.8, 4) is 0 Å². The van der Waals surface area contributed by atoms with E-state index in [0.717, 1.165) is 11.5 Å². The molecule has 3 unspecified atom stereocenters. The van der Waals surface area contributed by atoms with Gasteiger partial charge in [-0.1, -0.05) is 11.3 Å². The van der Waals surface area contributed by atoms with Gasteiger partial charge in [-0.3, -0.25) is 4.40 Å². The van der Waals surface area contributed by atoms with Crippen molar-refractivity contribution in [2.45, 2.75) is 25.0 Å². The number of nitrogens with one attached hydrogen (secondary N) is 1. The van der Waals surface area contributed by atoms with Crippen LogP contribution in [-0.2, 0) is 0 Å². The zero-order valence-corrected chi connectivity index (χ0v) is 14.3. The molecule has 0 saturated heterocycles. The van der Waals surface area contributed by atoms with Gasteiger partial charge in [-0.2, -0.15) is 0 Å². The van der Waals surface area contributed by atoms with Crippen molar-refractivity contribution in [1.29, 1.82) is 0 Å². The summed E-state index contributed by atoms with van der Waals surface area (Å²) in [6, 6.07) is 5.71. The van der Waals surface area contributed by atoms with Crippen molar-refractivity contribution in [3.05, 3.63) is 36.9 Å². The first-order chi connectivity index (χ1) is 13.2. The molecule has 0 radical (unpaired) electrons. The average molecular weight is 366 g/mol. The molecule has 27 heavy (non-hydrogen) atoms. The van der Waals surface area contributed by atoms with Gasteiger partial charge in [0.2, 0.25) is 0 Å². The number of aromatic nitrogens is 7. The molecule has 1 aliphatic rings. The Morgan fingerprint density at radius 1 is 1.19 bits per heavy atom. The highest BCUT2D eigenvalue weighted by Crippen LogP contribution is 2.36. The van der Waals surface area contributed by atoms with Gasteiger partial charge in [-0.05, 0) is 25.0 Å². The van der Waals surface area contributed by atoms with Gasteiger partial charge in [-0.25, -0.2) is 19.6 Å². The van der Waals surface area contributed by atoms with Crippen LogP contribution in [-0.4, -0.2) is 57.3 Å². The highest BCUT2D eigenvalue weighted by atomic mass is 16.3. The lowest BCUT2D eigenvalue weighted by Gasteiger charge is -2.10. The number of fused-ring (bicyclic) bond motifs is 2. The van der Waals surface area contributed by atoms with Crippen molar-refractivity contribution >= 4 is 28.4 Å². The number of rotatable bonds is 4. The molecule has 3 N–H and O–H groups in total. The highest BCUT2D eigenvalue weighted by molar-refractivity contribution is 5.84. The van der Waals surface area contributed by atoms with Crippen LogP contribution < -0.4 is 5.32 Å². The third-order valence-corrected chi connectivity index (χ3v) is 5.14. The second-order valence-electron chi connectivity index (χ2n) is 6.76. The van der Waals surface area contributed by atoms with Crippen LogP contribution in [0, 0.1) is 5.92 Å². The molecule has 0 aromatic carbocycles. The van der Waals surface area contributed by atoms with E-state index in [1.165, 1.54) is 6.33 Å². The number of aliphatic hydroxyl groups excluding tert-OH is 2. The topological polar surface area (TPSA) is 126 Å². The normalized spacial score (nSPS) is 22.7. The second kappa shape index (κ2) is 6.25. The van der Waals surface area contributed by atoms with Gasteiger partial charge >= 0.3 is 0 Å². The summed E-state index contributed by atoms with van der Waals surface area (Å²) in [6.07, 6.45) is 5.71. The minimum atomic E-state index is -0.545. The van der Waals surface area contributed by atoms with Crippen LogP contribution in [0.2, 0.25) is 0 Å². The maximum Gasteiger partial charge on any atom is 0.184 e. The van der Waals surface area contributed by atoms with Crippen molar-refractivity contribution in [2.24, 2.45) is 5.92 Å². The molecule has 5 rings (SSSR count). The SMILES string of the molecule is OCC1CC(n2nnc3c(Nc4cnc5ccccn45)ncnc32)CC1O. The quantitative estimate of drug-likeness (QED) is 0.487. The zero-order valence-electron chi connectivity index (χ0n) is 14.3. The van der Waals surface area contributed by atoms with Crippen molar-refractivity contribution < 1.29 is 10.2 Å². The summed E-state index contributed by atoms with van der Waals surface area (Å²) >= 11 is 0. The molecular weight excluding hydrogens is 348 g/mol.